The van der Waals surface area contributed by atoms with Gasteiger partial charge in [0, 0.05) is 34.0 Å². The Kier molecular flexibility index (Phi) is 17.9. The number of hydrogen-bond acceptors (Lipinski definition) is 10. The van der Waals surface area contributed by atoms with Crippen LogP contribution in [0, 0.1) is 33.3 Å². The molecule has 2 aromatic carbocycles. The van der Waals surface area contributed by atoms with Crippen molar-refractivity contribution in [3.63, 3.8) is 0 Å². The number of nitrogens with two attached hydrogens (primary N) is 1. The van der Waals surface area contributed by atoms with Crippen molar-refractivity contribution in [2.45, 2.75) is 102 Å². The molecule has 2 saturated carbocycles. The molecule has 8 atom stereocenters. The van der Waals surface area contributed by atoms with Crippen molar-refractivity contribution in [2.24, 2.45) is 28.4 Å². The summed E-state index contributed by atoms with van der Waals surface area (Å²) < 4.78 is 23.0. The van der Waals surface area contributed by atoms with Crippen molar-refractivity contribution in [1.29, 1.82) is 5.26 Å². The van der Waals surface area contributed by atoms with Gasteiger partial charge in [-0.1, -0.05) is 93.3 Å². The summed E-state index contributed by atoms with van der Waals surface area (Å²) in [4.78, 5) is 26.3. The second-order valence-corrected chi connectivity index (χ2v) is 19.5. The normalized spacial score (nSPS) is 31.3. The van der Waals surface area contributed by atoms with Gasteiger partial charge in [-0.05, 0) is 135 Å². The summed E-state index contributed by atoms with van der Waals surface area (Å²) in [6.45, 7) is 8.67. The van der Waals surface area contributed by atoms with Gasteiger partial charge in [-0.2, -0.15) is 5.26 Å². The smallest absolute Gasteiger partial charge is 0.331 e. The highest BCUT2D eigenvalue weighted by Crippen LogP contribution is 2.65. The lowest BCUT2D eigenvalue weighted by Gasteiger charge is -2.48. The molecule has 15 heteroatoms. The number of ether oxygens (including phenoxy) is 4. The van der Waals surface area contributed by atoms with Crippen LogP contribution in [0.1, 0.15) is 88.5 Å². The molecule has 2 N–H and O–H groups in total. The molecular weight excluding hydrogens is 935 g/mol. The topological polar surface area (TPSA) is 121 Å². The van der Waals surface area contributed by atoms with Gasteiger partial charge in [0.05, 0.1) is 25.4 Å². The number of benzene rings is 2. The van der Waals surface area contributed by atoms with E-state index < -0.39 is 10.3 Å². The fraction of sp³-hybridized carbons (Fsp3) is 0.600. The number of nitrogens with zero attached hydrogens (tertiary/aromatic N) is 1. The SMILES string of the molecule is CCOC(=O)C1(SC#N)c2cc(Br)ccc2C[C@@]12CC[C@H](OC)[C@@H](C)C2.CCOC(=O)[C@]1(N)c2cc(Br)ccc2C[C@@]12CC[C@H](OC)[C@@H](C)C2.Cl.S=C(Cl)Cl. The number of carbonyl (C=O) groups excluding carboxylic acids is 2. The number of hydrogen-bond donors (Lipinski definition) is 1. The molecule has 0 bridgehead atoms. The number of thioether (sulfide) groups is 1. The summed E-state index contributed by atoms with van der Waals surface area (Å²) in [5.41, 5.74) is 9.34. The van der Waals surface area contributed by atoms with E-state index in [1.54, 1.807) is 14.2 Å². The third-order valence-electron chi connectivity index (χ3n) is 12.1. The Labute approximate surface area is 368 Å². The Balaban J connectivity index is 0.000000265. The van der Waals surface area contributed by atoms with Gasteiger partial charge in [-0.15, -0.1) is 12.4 Å². The molecule has 55 heavy (non-hydrogen) atoms. The predicted molar refractivity (Wildman–Crippen MR) is 234 cm³/mol. The van der Waals surface area contributed by atoms with Gasteiger partial charge in [0.1, 0.15) is 10.9 Å². The van der Waals surface area contributed by atoms with Crippen LogP contribution in [0.25, 0.3) is 0 Å². The molecule has 8 nitrogen and oxygen atoms in total. The first-order valence-corrected chi connectivity index (χ1v) is 21.8. The number of rotatable bonds is 7. The maximum absolute atomic E-state index is 13.3. The Hall–Kier alpha value is -0.980. The first-order chi connectivity index (χ1) is 25.5. The van der Waals surface area contributed by atoms with Gasteiger partial charge in [-0.25, -0.2) is 4.79 Å². The summed E-state index contributed by atoms with van der Waals surface area (Å²) in [5, 5.41) is 11.9. The van der Waals surface area contributed by atoms with E-state index >= 15 is 0 Å². The van der Waals surface area contributed by atoms with E-state index in [9.17, 15) is 14.9 Å². The van der Waals surface area contributed by atoms with Crippen molar-refractivity contribution in [3.05, 3.63) is 67.6 Å². The van der Waals surface area contributed by atoms with E-state index in [1.165, 1.54) is 0 Å². The van der Waals surface area contributed by atoms with E-state index in [-0.39, 0.29) is 51.2 Å². The van der Waals surface area contributed by atoms with E-state index in [1.807, 2.05) is 38.1 Å². The van der Waals surface area contributed by atoms with Crippen LogP contribution < -0.4 is 5.73 Å². The zero-order valence-electron chi connectivity index (χ0n) is 32.1. The van der Waals surface area contributed by atoms with Crippen LogP contribution in [-0.4, -0.2) is 55.4 Å². The molecular formula is C40H51Br2Cl3N2O6S2. The highest BCUT2D eigenvalue weighted by molar-refractivity contribution is 9.10. The van der Waals surface area contributed by atoms with Crippen molar-refractivity contribution in [1.82, 2.24) is 0 Å². The van der Waals surface area contributed by atoms with Crippen LogP contribution in [-0.2, 0) is 51.7 Å². The van der Waals surface area contributed by atoms with Crippen LogP contribution in [0.15, 0.2) is 45.3 Å². The third kappa shape index (κ3) is 9.42. The maximum Gasteiger partial charge on any atom is 0.331 e. The van der Waals surface area contributed by atoms with Crippen LogP contribution in [0.4, 0.5) is 0 Å². The first-order valence-electron chi connectivity index (χ1n) is 18.2. The van der Waals surface area contributed by atoms with Crippen LogP contribution >= 0.6 is 91.4 Å². The second kappa shape index (κ2) is 20.3. The van der Waals surface area contributed by atoms with Crippen LogP contribution in [0.5, 0.6) is 0 Å². The number of thiocyanates is 1. The number of methoxy groups -OCH3 is 2. The Morgan fingerprint density at radius 3 is 1.78 bits per heavy atom. The lowest BCUT2D eigenvalue weighted by molar-refractivity contribution is -0.159. The molecule has 0 heterocycles. The van der Waals surface area contributed by atoms with Gasteiger partial charge in [0.2, 0.25) is 0 Å². The minimum Gasteiger partial charge on any atom is -0.465 e. The van der Waals surface area contributed by atoms with Crippen molar-refractivity contribution in [3.8, 4) is 5.40 Å². The van der Waals surface area contributed by atoms with E-state index in [2.05, 4.69) is 75.5 Å². The molecule has 0 saturated heterocycles. The number of esters is 2. The number of halogens is 5. The summed E-state index contributed by atoms with van der Waals surface area (Å²) in [6, 6.07) is 12.2. The maximum atomic E-state index is 13.3. The molecule has 0 amide bonds. The Morgan fingerprint density at radius 2 is 1.31 bits per heavy atom. The monoisotopic (exact) mass is 982 g/mol. The molecule has 2 spiro atoms. The highest BCUT2D eigenvalue weighted by Gasteiger charge is 2.66. The van der Waals surface area contributed by atoms with E-state index in [0.29, 0.717) is 25.0 Å². The van der Waals surface area contributed by atoms with E-state index in [0.717, 1.165) is 94.3 Å². The van der Waals surface area contributed by atoms with Crippen molar-refractivity contribution < 1.29 is 28.5 Å². The Morgan fingerprint density at radius 1 is 0.873 bits per heavy atom. The average molecular weight is 986 g/mol. The number of fused-ring (bicyclic) bond motifs is 2. The summed E-state index contributed by atoms with van der Waals surface area (Å²) >= 11 is 21.7. The second-order valence-electron chi connectivity index (χ2n) is 14.9. The molecule has 2 fully saturated rings. The van der Waals surface area contributed by atoms with Crippen LogP contribution in [0.3, 0.4) is 0 Å². The fourth-order valence-corrected chi connectivity index (χ4v) is 11.6. The minimum absolute atomic E-state index is 0. The molecule has 1 unspecified atom stereocenters. The predicted octanol–water partition coefficient (Wildman–Crippen LogP) is 10.5. The first kappa shape index (κ1) is 48.4. The van der Waals surface area contributed by atoms with Gasteiger partial charge in [-0.3, -0.25) is 4.79 Å². The number of nitriles is 1. The summed E-state index contributed by atoms with van der Waals surface area (Å²) in [7, 11) is 3.52. The molecule has 304 valence electrons. The highest BCUT2D eigenvalue weighted by atomic mass is 79.9. The number of carbonyl (C=O) groups is 2. The quantitative estimate of drug-likeness (QED) is 0.124. The third-order valence-corrected chi connectivity index (χ3v) is 14.3. The van der Waals surface area contributed by atoms with Crippen molar-refractivity contribution in [2.75, 3.05) is 27.4 Å². The average Bonchev–Trinajstić information content (AvgIpc) is 3.50. The Bertz CT molecular complexity index is 1750. The molecule has 4 aliphatic rings. The zero-order chi connectivity index (χ0) is 40.1. The molecule has 4 aliphatic carbocycles. The van der Waals surface area contributed by atoms with Crippen molar-refractivity contribution >= 4 is 107 Å². The fourth-order valence-electron chi connectivity index (χ4n) is 9.87. The molecule has 0 aromatic heterocycles. The summed E-state index contributed by atoms with van der Waals surface area (Å²) in [5.74, 6) is 0.0924. The molecule has 2 aromatic rings. The minimum atomic E-state index is -1.09. The lowest BCUT2D eigenvalue weighted by Crippen LogP contribution is -2.59. The van der Waals surface area contributed by atoms with Gasteiger partial charge >= 0.3 is 11.9 Å². The molecule has 0 aliphatic heterocycles. The summed E-state index contributed by atoms with van der Waals surface area (Å²) in [6.07, 6.45) is 7.28. The van der Waals surface area contributed by atoms with Gasteiger partial charge in [0.15, 0.2) is 8.53 Å². The van der Waals surface area contributed by atoms with Gasteiger partial charge < -0.3 is 24.7 Å². The van der Waals surface area contributed by atoms with Gasteiger partial charge in [0.25, 0.3) is 0 Å². The zero-order valence-corrected chi connectivity index (χ0v) is 39.2. The number of thiocarbonyl (C=S) groups is 1. The van der Waals surface area contributed by atoms with Crippen LogP contribution in [0.2, 0.25) is 0 Å². The molecule has 6 rings (SSSR count). The lowest BCUT2D eigenvalue weighted by atomic mass is 9.59. The largest absolute Gasteiger partial charge is 0.465 e. The standard InChI is InChI=1S/C20H24BrNO3S.C19H26BrNO3.CCl2S.ClH/c1-4-25-18(23)20(26-12-22)16-9-15(21)6-5-14(16)11-19(20)8-7-17(24-3)13(2)10-19;1-4-24-17(22)19(21)15-9-14(20)6-5-13(15)11-18(19)8-7-16(23-3)12(2)10-18;2-1(3)4;/h5-6,9,13,17H,4,7-8,10-11H2,1-3H3;5-6,9,12,16H,4,7-8,10-11,21H2,1-3H3;;1H/t13-,17-,19-,20?;12-,16-,18-,19+;;/m00../s1. The molecule has 0 radical (unpaired) electrons. The van der Waals surface area contributed by atoms with E-state index in [4.69, 9.17) is 47.9 Å².